The summed E-state index contributed by atoms with van der Waals surface area (Å²) in [7, 11) is -0.360. The van der Waals surface area contributed by atoms with Crippen molar-refractivity contribution in [3.05, 3.63) is 65.7 Å². The minimum Gasteiger partial charge on any atom is -0.462 e. The number of hydrogen-bond donors (Lipinski definition) is 1. The Morgan fingerprint density at radius 3 is 2.53 bits per heavy atom. The Balaban J connectivity index is 1.41. The molecular formula is C23H27N2O6P. The van der Waals surface area contributed by atoms with Gasteiger partial charge in [0.25, 0.3) is 8.61 Å². The van der Waals surface area contributed by atoms with Crippen molar-refractivity contribution >= 4 is 20.7 Å². The molecule has 0 radical (unpaired) electrons. The Kier molecular flexibility index (Phi) is 9.47. The molecule has 1 amide bonds. The number of amides is 1. The quantitative estimate of drug-likeness (QED) is 0.285. The van der Waals surface area contributed by atoms with E-state index in [4.69, 9.17) is 14.3 Å². The van der Waals surface area contributed by atoms with Gasteiger partial charge in [-0.3, -0.25) is 9.36 Å². The normalized spacial score (nSPS) is 13.4. The molecule has 1 aliphatic carbocycles. The number of hydrogen-bond acceptors (Lipinski definition) is 6. The summed E-state index contributed by atoms with van der Waals surface area (Å²) in [5, 5.41) is 2.71. The number of ether oxygens (including phenoxy) is 2. The Bertz CT molecular complexity index is 891. The van der Waals surface area contributed by atoms with Crippen molar-refractivity contribution in [3.8, 4) is 5.75 Å². The highest BCUT2D eigenvalue weighted by atomic mass is 31.1. The van der Waals surface area contributed by atoms with Crippen LogP contribution in [0.25, 0.3) is 0 Å². The molecule has 0 bridgehead atoms. The highest BCUT2D eigenvalue weighted by molar-refractivity contribution is 7.20. The number of rotatable bonds is 12. The molecule has 0 atom stereocenters. The van der Waals surface area contributed by atoms with Crippen LogP contribution in [0.2, 0.25) is 0 Å². The molecule has 1 aliphatic rings. The van der Waals surface area contributed by atoms with Gasteiger partial charge in [0, 0.05) is 6.54 Å². The molecule has 0 unspecified atom stereocenters. The maximum atomic E-state index is 11.9. The van der Waals surface area contributed by atoms with Gasteiger partial charge < -0.3 is 19.6 Å². The molecule has 32 heavy (non-hydrogen) atoms. The van der Waals surface area contributed by atoms with E-state index in [-0.39, 0.29) is 40.3 Å². The second-order valence-corrected chi connectivity index (χ2v) is 8.00. The molecule has 1 N–H and O–H groups in total. The number of hydroxylamine groups is 1. The number of esters is 1. The lowest BCUT2D eigenvalue weighted by molar-refractivity contribution is -0.153. The maximum Gasteiger partial charge on any atom is 0.407 e. The monoisotopic (exact) mass is 458 g/mol. The molecule has 0 aliphatic heterocycles. The number of para-hydroxylation sites is 1. The standard InChI is InChI=1S/C23H27N2O6P/c26-22(30-20-10-6-11-20)14-16-25(32-28)31-21-12-5-4-9-19(21)13-15-24-23(27)29-17-18-7-2-1-3-8-18/h1-5,7-9,12,20H,6,10-11,13-17H2,(H,24,27). The second-order valence-electron chi connectivity index (χ2n) is 7.39. The lowest BCUT2D eigenvalue weighted by atomic mass is 9.96. The first-order chi connectivity index (χ1) is 15.6. The third kappa shape index (κ3) is 7.94. The van der Waals surface area contributed by atoms with Gasteiger partial charge in [0.2, 0.25) is 0 Å². The van der Waals surface area contributed by atoms with Crippen LogP contribution < -0.4 is 10.2 Å². The van der Waals surface area contributed by atoms with Gasteiger partial charge in [0.1, 0.15) is 12.7 Å². The average molecular weight is 458 g/mol. The number of nitrogens with zero attached hydrogens (tertiary/aromatic N) is 1. The van der Waals surface area contributed by atoms with E-state index >= 15 is 0 Å². The van der Waals surface area contributed by atoms with Crippen molar-refractivity contribution in [2.45, 2.75) is 44.8 Å². The highest BCUT2D eigenvalue weighted by Gasteiger charge is 2.22. The van der Waals surface area contributed by atoms with Crippen LogP contribution in [0.4, 0.5) is 4.79 Å². The molecule has 0 saturated heterocycles. The minimum atomic E-state index is -0.503. The lowest BCUT2D eigenvalue weighted by Crippen LogP contribution is -2.28. The van der Waals surface area contributed by atoms with E-state index in [0.717, 1.165) is 30.4 Å². The molecule has 1 fully saturated rings. The summed E-state index contributed by atoms with van der Waals surface area (Å²) in [5.74, 6) is 0.182. The molecule has 170 valence electrons. The fraction of sp³-hybridized carbons (Fsp3) is 0.391. The van der Waals surface area contributed by atoms with Crippen molar-refractivity contribution in [1.82, 2.24) is 10.2 Å². The average Bonchev–Trinajstić information content (AvgIpc) is 2.79. The van der Waals surface area contributed by atoms with Gasteiger partial charge in [-0.15, -0.1) is 0 Å². The van der Waals surface area contributed by atoms with Crippen LogP contribution >= 0.6 is 8.61 Å². The first kappa shape index (κ1) is 23.7. The molecule has 0 heterocycles. The molecular weight excluding hydrogens is 431 g/mol. The van der Waals surface area contributed by atoms with E-state index in [1.54, 1.807) is 12.1 Å². The van der Waals surface area contributed by atoms with Crippen LogP contribution in [0.15, 0.2) is 54.6 Å². The van der Waals surface area contributed by atoms with Gasteiger partial charge in [-0.2, -0.15) is 0 Å². The Morgan fingerprint density at radius 1 is 1.06 bits per heavy atom. The molecule has 9 heteroatoms. The van der Waals surface area contributed by atoms with Crippen molar-refractivity contribution < 1.29 is 28.5 Å². The number of carbonyl (C=O) groups is 2. The van der Waals surface area contributed by atoms with Crippen molar-refractivity contribution in [2.24, 2.45) is 0 Å². The van der Waals surface area contributed by atoms with Gasteiger partial charge in [-0.05, 0) is 42.9 Å². The van der Waals surface area contributed by atoms with E-state index in [2.05, 4.69) is 5.32 Å². The zero-order valence-corrected chi connectivity index (χ0v) is 18.7. The van der Waals surface area contributed by atoms with Gasteiger partial charge in [0.15, 0.2) is 5.75 Å². The SMILES string of the molecule is O=PN(CCC(=O)OC1CCC1)Oc1ccccc1CCNC(=O)OCc1ccccc1. The predicted molar refractivity (Wildman–Crippen MR) is 118 cm³/mol. The molecule has 3 rings (SSSR count). The van der Waals surface area contributed by atoms with Crippen molar-refractivity contribution in [3.63, 3.8) is 0 Å². The van der Waals surface area contributed by atoms with Gasteiger partial charge >= 0.3 is 12.1 Å². The number of nitrogens with one attached hydrogen (secondary N) is 1. The van der Waals surface area contributed by atoms with E-state index in [1.165, 1.54) is 4.83 Å². The number of alkyl carbamates (subject to hydrolysis) is 1. The first-order valence-corrected chi connectivity index (χ1v) is 11.4. The van der Waals surface area contributed by atoms with E-state index in [9.17, 15) is 14.2 Å². The van der Waals surface area contributed by atoms with Gasteiger partial charge in [-0.25, -0.2) is 4.79 Å². The zero-order chi connectivity index (χ0) is 22.6. The molecule has 0 aromatic heterocycles. The lowest BCUT2D eigenvalue weighted by Gasteiger charge is -2.25. The number of benzene rings is 2. The topological polar surface area (TPSA) is 94.2 Å². The van der Waals surface area contributed by atoms with Crippen molar-refractivity contribution in [2.75, 3.05) is 13.1 Å². The van der Waals surface area contributed by atoms with Crippen LogP contribution in [-0.4, -0.2) is 36.1 Å². The van der Waals surface area contributed by atoms with Crippen LogP contribution in [-0.2, 0) is 31.9 Å². The van der Waals surface area contributed by atoms with E-state index in [1.807, 2.05) is 42.5 Å². The zero-order valence-electron chi connectivity index (χ0n) is 17.8. The largest absolute Gasteiger partial charge is 0.462 e. The third-order valence-electron chi connectivity index (χ3n) is 5.00. The fourth-order valence-electron chi connectivity index (χ4n) is 3.01. The maximum absolute atomic E-state index is 11.9. The summed E-state index contributed by atoms with van der Waals surface area (Å²) in [6, 6.07) is 16.7. The van der Waals surface area contributed by atoms with Gasteiger partial charge in [0.05, 0.1) is 13.0 Å². The molecule has 2 aromatic rings. The fourth-order valence-corrected chi connectivity index (χ4v) is 3.31. The molecule has 0 spiro atoms. The summed E-state index contributed by atoms with van der Waals surface area (Å²) in [6.07, 6.45) is 3.00. The first-order valence-electron chi connectivity index (χ1n) is 10.6. The van der Waals surface area contributed by atoms with Crippen LogP contribution in [0, 0.1) is 0 Å². The second kappa shape index (κ2) is 12.8. The predicted octanol–water partition coefficient (Wildman–Crippen LogP) is 4.44. The van der Waals surface area contributed by atoms with Crippen LogP contribution in [0.5, 0.6) is 5.75 Å². The molecule has 8 nitrogen and oxygen atoms in total. The van der Waals surface area contributed by atoms with E-state index in [0.29, 0.717) is 18.7 Å². The summed E-state index contributed by atoms with van der Waals surface area (Å²) in [6.45, 7) is 0.679. The summed E-state index contributed by atoms with van der Waals surface area (Å²) in [5.41, 5.74) is 1.73. The molecule has 2 aromatic carbocycles. The minimum absolute atomic E-state index is 0.0225. The van der Waals surface area contributed by atoms with Gasteiger partial charge in [-0.1, -0.05) is 53.4 Å². The summed E-state index contributed by atoms with van der Waals surface area (Å²) in [4.78, 5) is 30.7. The smallest absolute Gasteiger partial charge is 0.407 e. The molecule has 1 saturated carbocycles. The van der Waals surface area contributed by atoms with Crippen LogP contribution in [0.3, 0.4) is 0 Å². The third-order valence-corrected chi connectivity index (χ3v) is 5.47. The highest BCUT2D eigenvalue weighted by Crippen LogP contribution is 2.24. The van der Waals surface area contributed by atoms with E-state index < -0.39 is 6.09 Å². The number of carbonyl (C=O) groups excluding carboxylic acids is 2. The Labute approximate surface area is 189 Å². The van der Waals surface area contributed by atoms with Crippen molar-refractivity contribution in [1.29, 1.82) is 0 Å². The Morgan fingerprint density at radius 2 is 1.81 bits per heavy atom. The van der Waals surface area contributed by atoms with Crippen LogP contribution in [0.1, 0.15) is 36.8 Å². The summed E-state index contributed by atoms with van der Waals surface area (Å²) < 4.78 is 22.0. The Hall–Kier alpha value is -2.96. The summed E-state index contributed by atoms with van der Waals surface area (Å²) >= 11 is 0.